The molecule has 0 rings (SSSR count). The van der Waals surface area contributed by atoms with Crippen molar-refractivity contribution in [3.8, 4) is 0 Å². The number of hydrogen-bond donors (Lipinski definition) is 5. The minimum Gasteiger partial charge on any atom is -0.393 e. The summed E-state index contributed by atoms with van der Waals surface area (Å²) < 4.78 is 22.0. The van der Waals surface area contributed by atoms with Gasteiger partial charge in [-0.1, -0.05) is 179 Å². The Hall–Kier alpha value is -1.06. The van der Waals surface area contributed by atoms with E-state index in [1.807, 2.05) is 6.08 Å². The lowest BCUT2D eigenvalue weighted by Gasteiger charge is -2.24. The molecule has 0 aromatic carbocycles. The van der Waals surface area contributed by atoms with Crippen molar-refractivity contribution in [1.29, 1.82) is 0 Å². The first-order valence-electron chi connectivity index (χ1n) is 21.5. The largest absolute Gasteiger partial charge is 0.472 e. The summed E-state index contributed by atoms with van der Waals surface area (Å²) in [5.41, 5.74) is 5.35. The normalized spacial score (nSPS) is 15.0. The van der Waals surface area contributed by atoms with Gasteiger partial charge in [0.25, 0.3) is 0 Å². The smallest absolute Gasteiger partial charge is 0.393 e. The molecule has 52 heavy (non-hydrogen) atoms. The van der Waals surface area contributed by atoms with Crippen LogP contribution in [0.5, 0.6) is 0 Å². The molecule has 0 aliphatic carbocycles. The Bertz CT molecular complexity index is 888. The molecule has 4 atom stereocenters. The number of phosphoric acid groups is 1. The minimum absolute atomic E-state index is 0.0481. The van der Waals surface area contributed by atoms with Gasteiger partial charge >= 0.3 is 7.82 Å². The molecular formula is C42H83N2O7P. The number of aliphatic hydroxyl groups is 2. The zero-order valence-corrected chi connectivity index (χ0v) is 34.6. The third-order valence-electron chi connectivity index (χ3n) is 9.58. The van der Waals surface area contributed by atoms with Crippen LogP contribution in [0.2, 0.25) is 0 Å². The van der Waals surface area contributed by atoms with Crippen molar-refractivity contribution in [1.82, 2.24) is 5.32 Å². The molecule has 6 N–H and O–H groups in total. The zero-order valence-electron chi connectivity index (χ0n) is 33.7. The summed E-state index contributed by atoms with van der Waals surface area (Å²) in [6.45, 7) is 3.92. The molecule has 4 unspecified atom stereocenters. The topological polar surface area (TPSA) is 151 Å². The van der Waals surface area contributed by atoms with E-state index in [0.717, 1.165) is 51.4 Å². The maximum Gasteiger partial charge on any atom is 0.472 e. The standard InChI is InChI=1S/C42H83N2O7P/c1-3-5-7-9-11-13-14-15-16-17-18-19-20-21-22-23-24-26-28-30-32-34-41(46)40(38-51-52(48,49)50-36-35-43)44-42(47)37-39(45)33-31-29-27-25-12-10-8-6-4-2/h10,12,32,34,39-41,45-46H,3-9,11,13-31,33,35-38,43H2,1-2H3,(H,44,47)(H,48,49)/b12-10-,34-32+. The highest BCUT2D eigenvalue weighted by Crippen LogP contribution is 2.43. The second-order valence-corrected chi connectivity index (χ2v) is 16.2. The van der Waals surface area contributed by atoms with Crippen LogP contribution in [0.25, 0.3) is 0 Å². The lowest BCUT2D eigenvalue weighted by molar-refractivity contribution is -0.124. The Balaban J connectivity index is 4.26. The van der Waals surface area contributed by atoms with Crippen molar-refractivity contribution in [2.45, 2.75) is 218 Å². The monoisotopic (exact) mass is 759 g/mol. The van der Waals surface area contributed by atoms with Gasteiger partial charge < -0.3 is 26.2 Å². The van der Waals surface area contributed by atoms with Gasteiger partial charge in [-0.25, -0.2) is 4.57 Å². The number of amides is 1. The van der Waals surface area contributed by atoms with E-state index in [2.05, 4.69) is 31.3 Å². The number of nitrogens with one attached hydrogen (secondary N) is 1. The van der Waals surface area contributed by atoms with Crippen LogP contribution in [0.3, 0.4) is 0 Å². The summed E-state index contributed by atoms with van der Waals surface area (Å²) in [4.78, 5) is 22.7. The van der Waals surface area contributed by atoms with Gasteiger partial charge in [-0.05, 0) is 38.5 Å². The second kappa shape index (κ2) is 38.2. The summed E-state index contributed by atoms with van der Waals surface area (Å²) in [5.74, 6) is -0.457. The van der Waals surface area contributed by atoms with Gasteiger partial charge in [0.05, 0.1) is 37.9 Å². The molecule has 0 fully saturated rings. The molecule has 0 aromatic rings. The summed E-state index contributed by atoms with van der Waals surface area (Å²) in [6.07, 6.45) is 39.9. The van der Waals surface area contributed by atoms with E-state index in [1.54, 1.807) is 6.08 Å². The third-order valence-corrected chi connectivity index (χ3v) is 10.6. The van der Waals surface area contributed by atoms with Crippen molar-refractivity contribution in [3.63, 3.8) is 0 Å². The van der Waals surface area contributed by atoms with Gasteiger partial charge in [0.2, 0.25) is 5.91 Å². The lowest BCUT2D eigenvalue weighted by atomic mass is 10.0. The van der Waals surface area contributed by atoms with Crippen molar-refractivity contribution >= 4 is 13.7 Å². The Morgan fingerprint density at radius 1 is 0.654 bits per heavy atom. The SMILES string of the molecule is CCCC/C=C\CCCCCC(O)CC(=O)NC(COP(=O)(O)OCCN)C(O)/C=C/CCCCCCCCCCCCCCCCCCCCC. The Morgan fingerprint density at radius 3 is 1.60 bits per heavy atom. The van der Waals surface area contributed by atoms with Crippen LogP contribution in [0.15, 0.2) is 24.3 Å². The third kappa shape index (κ3) is 35.9. The highest BCUT2D eigenvalue weighted by Gasteiger charge is 2.27. The van der Waals surface area contributed by atoms with E-state index in [1.165, 1.54) is 122 Å². The molecule has 0 aromatic heterocycles. The molecule has 0 spiro atoms. The van der Waals surface area contributed by atoms with Crippen molar-refractivity contribution in [2.24, 2.45) is 5.73 Å². The molecule has 0 heterocycles. The molecule has 0 saturated heterocycles. The minimum atomic E-state index is -4.40. The fourth-order valence-corrected chi connectivity index (χ4v) is 7.03. The number of hydrogen-bond acceptors (Lipinski definition) is 7. The predicted octanol–water partition coefficient (Wildman–Crippen LogP) is 10.8. The average molecular weight is 759 g/mol. The van der Waals surface area contributed by atoms with Crippen molar-refractivity contribution in [3.05, 3.63) is 24.3 Å². The summed E-state index contributed by atoms with van der Waals surface area (Å²) in [5, 5.41) is 23.9. The maximum atomic E-state index is 12.7. The molecule has 0 radical (unpaired) electrons. The number of carbonyl (C=O) groups is 1. The molecule has 9 nitrogen and oxygen atoms in total. The molecule has 0 saturated carbocycles. The van der Waals surface area contributed by atoms with Gasteiger partial charge in [0.1, 0.15) is 0 Å². The van der Waals surface area contributed by atoms with E-state index in [-0.39, 0.29) is 19.6 Å². The number of phosphoric ester groups is 1. The summed E-state index contributed by atoms with van der Waals surface area (Å²) in [6, 6.07) is -0.984. The molecular weight excluding hydrogens is 675 g/mol. The predicted molar refractivity (Wildman–Crippen MR) is 218 cm³/mol. The van der Waals surface area contributed by atoms with Crippen molar-refractivity contribution in [2.75, 3.05) is 19.8 Å². The maximum absolute atomic E-state index is 12.7. The van der Waals surface area contributed by atoms with Crippen LogP contribution in [0.4, 0.5) is 0 Å². The van der Waals surface area contributed by atoms with Gasteiger partial charge in [-0.3, -0.25) is 13.8 Å². The molecule has 0 aliphatic rings. The zero-order chi connectivity index (χ0) is 38.4. The Kier molecular flexibility index (Phi) is 37.4. The number of rotatable bonds is 40. The van der Waals surface area contributed by atoms with Crippen molar-refractivity contribution < 1.29 is 33.5 Å². The van der Waals surface area contributed by atoms with Gasteiger partial charge in [0.15, 0.2) is 0 Å². The fourth-order valence-electron chi connectivity index (χ4n) is 6.27. The van der Waals surface area contributed by atoms with Crippen LogP contribution in [0, 0.1) is 0 Å². The van der Waals surface area contributed by atoms with Crippen LogP contribution in [-0.4, -0.2) is 59.0 Å². The first kappa shape index (κ1) is 50.9. The van der Waals surface area contributed by atoms with Crippen LogP contribution in [-0.2, 0) is 18.4 Å². The van der Waals surface area contributed by atoms with Crippen LogP contribution >= 0.6 is 7.82 Å². The quantitative estimate of drug-likeness (QED) is 0.0235. The first-order chi connectivity index (χ1) is 25.3. The lowest BCUT2D eigenvalue weighted by Crippen LogP contribution is -2.46. The Morgan fingerprint density at radius 2 is 1.10 bits per heavy atom. The molecule has 0 aliphatic heterocycles. The number of nitrogens with two attached hydrogens (primary N) is 1. The van der Waals surface area contributed by atoms with E-state index >= 15 is 0 Å². The van der Waals surface area contributed by atoms with Gasteiger partial charge in [-0.2, -0.15) is 0 Å². The molecule has 1 amide bonds. The molecule has 308 valence electrons. The number of carbonyl (C=O) groups excluding carboxylic acids is 1. The number of aliphatic hydroxyl groups excluding tert-OH is 2. The van der Waals surface area contributed by atoms with Gasteiger partial charge in [-0.15, -0.1) is 0 Å². The summed E-state index contributed by atoms with van der Waals surface area (Å²) in [7, 11) is -4.40. The first-order valence-corrected chi connectivity index (χ1v) is 23.0. The van der Waals surface area contributed by atoms with E-state index < -0.39 is 38.6 Å². The second-order valence-electron chi connectivity index (χ2n) is 14.7. The van der Waals surface area contributed by atoms with Crippen LogP contribution < -0.4 is 11.1 Å². The van der Waals surface area contributed by atoms with E-state index in [9.17, 15) is 24.5 Å². The number of allylic oxidation sites excluding steroid dienone is 3. The highest BCUT2D eigenvalue weighted by molar-refractivity contribution is 7.47. The molecule has 0 bridgehead atoms. The van der Waals surface area contributed by atoms with E-state index in [0.29, 0.717) is 6.42 Å². The Labute approximate surface area is 320 Å². The van der Waals surface area contributed by atoms with Crippen LogP contribution in [0.1, 0.15) is 200 Å². The highest BCUT2D eigenvalue weighted by atomic mass is 31.2. The van der Waals surface area contributed by atoms with Gasteiger partial charge in [0, 0.05) is 6.54 Å². The summed E-state index contributed by atoms with van der Waals surface area (Å²) >= 11 is 0. The molecule has 10 heteroatoms. The number of unbranched alkanes of at least 4 members (excludes halogenated alkanes) is 24. The fraction of sp³-hybridized carbons (Fsp3) is 0.881. The average Bonchev–Trinajstić information content (AvgIpc) is 3.12. The van der Waals surface area contributed by atoms with E-state index in [4.69, 9.17) is 14.8 Å².